The zero-order valence-corrected chi connectivity index (χ0v) is 15.4. The number of carbonyl (C=O) groups is 1. The summed E-state index contributed by atoms with van der Waals surface area (Å²) in [6, 6.07) is 10.2. The summed E-state index contributed by atoms with van der Waals surface area (Å²) >= 11 is 1.41. The predicted molar refractivity (Wildman–Crippen MR) is 101 cm³/mol. The maximum Gasteiger partial charge on any atom is 0.257 e. The fourth-order valence-electron chi connectivity index (χ4n) is 3.02. The Hall–Kier alpha value is -2.53. The molecule has 1 heterocycles. The minimum Gasteiger partial charge on any atom is -0.298 e. The first-order chi connectivity index (χ1) is 11.8. The molecule has 0 radical (unpaired) electrons. The lowest BCUT2D eigenvalue weighted by Gasteiger charge is -2.10. The first-order valence-electron chi connectivity index (χ1n) is 7.97. The van der Waals surface area contributed by atoms with Crippen LogP contribution in [-0.4, -0.2) is 10.9 Å². The van der Waals surface area contributed by atoms with Gasteiger partial charge in [-0.1, -0.05) is 17.7 Å². The molecule has 0 spiro atoms. The van der Waals surface area contributed by atoms with Crippen LogP contribution in [0.25, 0.3) is 11.3 Å². The number of halogens is 1. The maximum absolute atomic E-state index is 13.1. The Bertz CT molecular complexity index is 922. The Morgan fingerprint density at radius 2 is 1.64 bits per heavy atom. The third kappa shape index (κ3) is 3.61. The number of aryl methyl sites for hydroxylation is 4. The third-order valence-corrected chi connectivity index (χ3v) is 4.93. The Morgan fingerprint density at radius 1 is 1.04 bits per heavy atom. The van der Waals surface area contributed by atoms with Crippen LogP contribution in [0.3, 0.4) is 0 Å². The van der Waals surface area contributed by atoms with Crippen LogP contribution in [0.1, 0.15) is 31.9 Å². The molecule has 0 saturated carbocycles. The van der Waals surface area contributed by atoms with Gasteiger partial charge in [-0.2, -0.15) is 0 Å². The molecule has 0 unspecified atom stereocenters. The topological polar surface area (TPSA) is 42.0 Å². The van der Waals surface area contributed by atoms with Crippen molar-refractivity contribution in [3.8, 4) is 11.3 Å². The van der Waals surface area contributed by atoms with E-state index in [4.69, 9.17) is 0 Å². The highest BCUT2D eigenvalue weighted by atomic mass is 32.1. The van der Waals surface area contributed by atoms with Crippen molar-refractivity contribution in [2.75, 3.05) is 5.32 Å². The van der Waals surface area contributed by atoms with Crippen LogP contribution in [0.2, 0.25) is 0 Å². The number of aromatic nitrogens is 1. The van der Waals surface area contributed by atoms with Gasteiger partial charge >= 0.3 is 0 Å². The molecular formula is C20H19FN2OS. The van der Waals surface area contributed by atoms with Gasteiger partial charge in [0.15, 0.2) is 5.13 Å². The lowest BCUT2D eigenvalue weighted by Crippen LogP contribution is -2.15. The van der Waals surface area contributed by atoms with Crippen molar-refractivity contribution in [1.82, 2.24) is 4.98 Å². The smallest absolute Gasteiger partial charge is 0.257 e. The highest BCUT2D eigenvalue weighted by Crippen LogP contribution is 2.31. The number of nitrogens with zero attached hydrogens (tertiary/aromatic N) is 1. The maximum atomic E-state index is 13.1. The van der Waals surface area contributed by atoms with Crippen molar-refractivity contribution >= 4 is 22.4 Å². The van der Waals surface area contributed by atoms with E-state index >= 15 is 0 Å². The quantitative estimate of drug-likeness (QED) is 0.681. The number of nitrogens with one attached hydrogen (secondary N) is 1. The van der Waals surface area contributed by atoms with E-state index in [2.05, 4.69) is 10.3 Å². The molecule has 0 fully saturated rings. The summed E-state index contributed by atoms with van der Waals surface area (Å²) in [5, 5.41) is 3.44. The van der Waals surface area contributed by atoms with Gasteiger partial charge < -0.3 is 0 Å². The molecule has 5 heteroatoms. The average Bonchev–Trinajstić information content (AvgIpc) is 2.87. The Kier molecular flexibility index (Phi) is 4.68. The number of hydrogen-bond donors (Lipinski definition) is 1. The van der Waals surface area contributed by atoms with Crippen molar-refractivity contribution in [3.63, 3.8) is 0 Å². The fourth-order valence-corrected chi connectivity index (χ4v) is 3.85. The molecule has 3 aromatic rings. The number of benzene rings is 2. The summed E-state index contributed by atoms with van der Waals surface area (Å²) in [4.78, 5) is 18.2. The Balaban J connectivity index is 1.88. The molecule has 0 atom stereocenters. The summed E-state index contributed by atoms with van der Waals surface area (Å²) in [6.45, 7) is 7.83. The van der Waals surface area contributed by atoms with E-state index in [-0.39, 0.29) is 11.7 Å². The molecule has 1 aromatic heterocycles. The highest BCUT2D eigenvalue weighted by molar-refractivity contribution is 7.16. The molecule has 0 aliphatic carbocycles. The second-order valence-corrected chi connectivity index (χ2v) is 7.36. The van der Waals surface area contributed by atoms with Crippen molar-refractivity contribution < 1.29 is 9.18 Å². The van der Waals surface area contributed by atoms with Crippen LogP contribution >= 0.6 is 11.3 Å². The van der Waals surface area contributed by atoms with Gasteiger partial charge in [0, 0.05) is 16.0 Å². The number of anilines is 1. The van der Waals surface area contributed by atoms with Gasteiger partial charge in [-0.3, -0.25) is 10.1 Å². The van der Waals surface area contributed by atoms with Gasteiger partial charge in [0.1, 0.15) is 5.82 Å². The molecule has 1 amide bonds. The van der Waals surface area contributed by atoms with Crippen LogP contribution < -0.4 is 5.32 Å². The first-order valence-corrected chi connectivity index (χ1v) is 8.79. The van der Waals surface area contributed by atoms with Crippen LogP contribution in [0.15, 0.2) is 36.4 Å². The number of thiazole rings is 1. The minimum atomic E-state index is -0.282. The fraction of sp³-hybridized carbons (Fsp3) is 0.200. The largest absolute Gasteiger partial charge is 0.298 e. The van der Waals surface area contributed by atoms with Crippen LogP contribution in [-0.2, 0) is 0 Å². The number of rotatable bonds is 3. The summed E-state index contributed by atoms with van der Waals surface area (Å²) in [7, 11) is 0. The monoisotopic (exact) mass is 354 g/mol. The standard InChI is InChI=1S/C20H19FN2OS/c1-11-9-12(2)17(13(3)10-11)19(24)23-20-22-18(14(4)25-20)15-5-7-16(21)8-6-15/h5-10H,1-4H3,(H,22,23,24). The number of hydrogen-bond acceptors (Lipinski definition) is 3. The number of carbonyl (C=O) groups excluding carboxylic acids is 1. The molecule has 0 bridgehead atoms. The number of amides is 1. The zero-order valence-electron chi connectivity index (χ0n) is 14.6. The van der Waals surface area contributed by atoms with Crippen LogP contribution in [0, 0.1) is 33.5 Å². The van der Waals surface area contributed by atoms with Crippen LogP contribution in [0.5, 0.6) is 0 Å². The lowest BCUT2D eigenvalue weighted by atomic mass is 9.99. The van der Waals surface area contributed by atoms with E-state index in [0.29, 0.717) is 10.7 Å². The minimum absolute atomic E-state index is 0.158. The molecule has 3 rings (SSSR count). The average molecular weight is 354 g/mol. The molecule has 0 aliphatic rings. The molecule has 1 N–H and O–H groups in total. The van der Waals surface area contributed by atoms with E-state index in [1.165, 1.54) is 23.5 Å². The van der Waals surface area contributed by atoms with Crippen molar-refractivity contribution in [1.29, 1.82) is 0 Å². The first kappa shape index (κ1) is 17.3. The van der Waals surface area contributed by atoms with Crippen molar-refractivity contribution in [2.45, 2.75) is 27.7 Å². The van der Waals surface area contributed by atoms with Crippen molar-refractivity contribution in [2.24, 2.45) is 0 Å². The Labute approximate surface area is 150 Å². The molecule has 0 aliphatic heterocycles. The molecule has 0 saturated heterocycles. The van der Waals surface area contributed by atoms with Gasteiger partial charge in [0.2, 0.25) is 0 Å². The normalized spacial score (nSPS) is 10.8. The van der Waals surface area contributed by atoms with Crippen LogP contribution in [0.4, 0.5) is 9.52 Å². The van der Waals surface area contributed by atoms with Gasteiger partial charge in [0.25, 0.3) is 5.91 Å². The van der Waals surface area contributed by atoms with E-state index in [1.807, 2.05) is 39.8 Å². The second kappa shape index (κ2) is 6.76. The molecular weight excluding hydrogens is 335 g/mol. The summed E-state index contributed by atoms with van der Waals surface area (Å²) in [5.41, 5.74) is 5.30. The van der Waals surface area contributed by atoms with E-state index in [0.717, 1.165) is 32.8 Å². The van der Waals surface area contributed by atoms with Gasteiger partial charge in [0.05, 0.1) is 5.69 Å². The summed E-state index contributed by atoms with van der Waals surface area (Å²) < 4.78 is 13.1. The second-order valence-electron chi connectivity index (χ2n) is 6.16. The van der Waals surface area contributed by atoms with Gasteiger partial charge in [-0.05, 0) is 63.1 Å². The van der Waals surface area contributed by atoms with Gasteiger partial charge in [-0.25, -0.2) is 9.37 Å². The molecule has 128 valence electrons. The summed E-state index contributed by atoms with van der Waals surface area (Å²) in [5.74, 6) is -0.440. The van der Waals surface area contributed by atoms with E-state index in [9.17, 15) is 9.18 Å². The molecule has 2 aromatic carbocycles. The van der Waals surface area contributed by atoms with Crippen molar-refractivity contribution in [3.05, 3.63) is 69.3 Å². The summed E-state index contributed by atoms with van der Waals surface area (Å²) in [6.07, 6.45) is 0. The Morgan fingerprint density at radius 3 is 2.24 bits per heavy atom. The molecule has 25 heavy (non-hydrogen) atoms. The SMILES string of the molecule is Cc1cc(C)c(C(=O)Nc2nc(-c3ccc(F)cc3)c(C)s2)c(C)c1. The highest BCUT2D eigenvalue weighted by Gasteiger charge is 2.16. The third-order valence-electron chi connectivity index (χ3n) is 4.04. The van der Waals surface area contributed by atoms with Gasteiger partial charge in [-0.15, -0.1) is 11.3 Å². The van der Waals surface area contributed by atoms with E-state index in [1.54, 1.807) is 12.1 Å². The zero-order chi connectivity index (χ0) is 18.1. The van der Waals surface area contributed by atoms with E-state index < -0.39 is 0 Å². The predicted octanol–water partition coefficient (Wildman–Crippen LogP) is 5.44. The molecule has 3 nitrogen and oxygen atoms in total. The lowest BCUT2D eigenvalue weighted by molar-refractivity contribution is 0.102.